The van der Waals surface area contributed by atoms with Crippen LogP contribution in [0.4, 0.5) is 0 Å². The van der Waals surface area contributed by atoms with Crippen LogP contribution in [-0.2, 0) is 0 Å². The second-order valence-electron chi connectivity index (χ2n) is 4.98. The van der Waals surface area contributed by atoms with Gasteiger partial charge in [-0.1, -0.05) is 42.8 Å². The summed E-state index contributed by atoms with van der Waals surface area (Å²) in [7, 11) is 0. The summed E-state index contributed by atoms with van der Waals surface area (Å²) in [4.78, 5) is 0. The molecular weight excluding hydrogens is 270 g/mol. The van der Waals surface area contributed by atoms with Gasteiger partial charge in [-0.3, -0.25) is 0 Å². The molecule has 0 saturated heterocycles. The molecule has 0 amide bonds. The van der Waals surface area contributed by atoms with Gasteiger partial charge >= 0.3 is 0 Å². The van der Waals surface area contributed by atoms with E-state index in [9.17, 15) is 0 Å². The maximum Gasteiger partial charge on any atom is 0.139 e. The zero-order valence-corrected chi connectivity index (χ0v) is 12.6. The Morgan fingerprint density at radius 3 is 2.45 bits per heavy atom. The van der Waals surface area contributed by atoms with E-state index in [1.54, 1.807) is 0 Å². The minimum atomic E-state index is -0.168. The van der Waals surface area contributed by atoms with Crippen molar-refractivity contribution in [3.63, 3.8) is 0 Å². The van der Waals surface area contributed by atoms with Crippen molar-refractivity contribution in [3.05, 3.63) is 64.7 Å². The van der Waals surface area contributed by atoms with Crippen molar-refractivity contribution >= 4 is 11.6 Å². The third-order valence-electron chi connectivity index (χ3n) is 3.31. The molecular formula is C17H20ClNO. The van der Waals surface area contributed by atoms with Crippen molar-refractivity contribution in [3.8, 4) is 5.75 Å². The van der Waals surface area contributed by atoms with Crippen LogP contribution < -0.4 is 10.5 Å². The van der Waals surface area contributed by atoms with Crippen LogP contribution in [0.1, 0.15) is 30.6 Å². The Balaban J connectivity index is 2.26. The molecule has 0 aliphatic heterocycles. The lowest BCUT2D eigenvalue weighted by atomic mass is 10.0. The summed E-state index contributed by atoms with van der Waals surface area (Å²) in [6.45, 7) is 4.11. The fraction of sp³-hybridized carbons (Fsp3) is 0.294. The van der Waals surface area contributed by atoms with Crippen molar-refractivity contribution in [2.24, 2.45) is 5.73 Å². The topological polar surface area (TPSA) is 35.2 Å². The Labute approximate surface area is 125 Å². The highest BCUT2D eigenvalue weighted by molar-refractivity contribution is 6.30. The van der Waals surface area contributed by atoms with Crippen molar-refractivity contribution < 1.29 is 4.74 Å². The van der Waals surface area contributed by atoms with Gasteiger partial charge in [-0.2, -0.15) is 0 Å². The normalized spacial score (nSPS) is 13.8. The predicted molar refractivity (Wildman–Crippen MR) is 84.3 cm³/mol. The average molecular weight is 290 g/mol. The van der Waals surface area contributed by atoms with E-state index >= 15 is 0 Å². The molecule has 2 rings (SSSR count). The molecule has 0 radical (unpaired) electrons. The molecule has 2 N–H and O–H groups in total. The molecule has 2 atom stereocenters. The van der Waals surface area contributed by atoms with Gasteiger partial charge in [0.25, 0.3) is 0 Å². The zero-order chi connectivity index (χ0) is 14.5. The predicted octanol–water partition coefficient (Wildman–Crippen LogP) is 4.51. The molecule has 0 spiro atoms. The number of benzene rings is 2. The second kappa shape index (κ2) is 6.78. The van der Waals surface area contributed by atoms with Gasteiger partial charge in [0.1, 0.15) is 11.9 Å². The van der Waals surface area contributed by atoms with Crippen LogP contribution in [0.25, 0.3) is 0 Å². The van der Waals surface area contributed by atoms with Crippen molar-refractivity contribution in [2.75, 3.05) is 0 Å². The van der Waals surface area contributed by atoms with Crippen LogP contribution in [0.3, 0.4) is 0 Å². The first kappa shape index (κ1) is 14.9. The average Bonchev–Trinajstić information content (AvgIpc) is 2.45. The van der Waals surface area contributed by atoms with Gasteiger partial charge in [-0.25, -0.2) is 0 Å². The Morgan fingerprint density at radius 2 is 1.85 bits per heavy atom. The quantitative estimate of drug-likeness (QED) is 0.879. The van der Waals surface area contributed by atoms with Crippen LogP contribution >= 0.6 is 11.6 Å². The first-order valence-electron chi connectivity index (χ1n) is 6.84. The molecule has 0 bridgehead atoms. The maximum atomic E-state index is 6.22. The van der Waals surface area contributed by atoms with Gasteiger partial charge in [-0.15, -0.1) is 0 Å². The Morgan fingerprint density at radius 1 is 1.15 bits per heavy atom. The third kappa shape index (κ3) is 3.75. The molecule has 0 aromatic heterocycles. The lowest BCUT2D eigenvalue weighted by Gasteiger charge is -2.25. The highest BCUT2D eigenvalue weighted by atomic mass is 35.5. The highest BCUT2D eigenvalue weighted by Gasteiger charge is 2.20. The lowest BCUT2D eigenvalue weighted by molar-refractivity contribution is 0.171. The zero-order valence-electron chi connectivity index (χ0n) is 11.8. The summed E-state index contributed by atoms with van der Waals surface area (Å²) in [6, 6.07) is 15.6. The van der Waals surface area contributed by atoms with E-state index in [0.29, 0.717) is 5.02 Å². The Bertz CT molecular complexity index is 553. The fourth-order valence-corrected chi connectivity index (χ4v) is 2.23. The van der Waals surface area contributed by atoms with E-state index in [1.165, 1.54) is 5.56 Å². The standard InChI is InChI=1S/C17H20ClNO/c1-3-16(19)17(13-7-9-14(18)10-8-13)20-15-6-4-5-12(2)11-15/h4-11,16-17H,3,19H2,1-2H3. The van der Waals surface area contributed by atoms with Gasteiger partial charge in [0.05, 0.1) is 0 Å². The van der Waals surface area contributed by atoms with Crippen LogP contribution in [0.2, 0.25) is 5.02 Å². The second-order valence-corrected chi connectivity index (χ2v) is 5.42. The number of ether oxygens (including phenoxy) is 1. The molecule has 0 fully saturated rings. The Kier molecular flexibility index (Phi) is 5.05. The number of hydrogen-bond donors (Lipinski definition) is 1. The highest BCUT2D eigenvalue weighted by Crippen LogP contribution is 2.27. The van der Waals surface area contributed by atoms with E-state index in [4.69, 9.17) is 22.1 Å². The van der Waals surface area contributed by atoms with E-state index < -0.39 is 0 Å². The molecule has 0 aliphatic rings. The summed E-state index contributed by atoms with van der Waals surface area (Å²) >= 11 is 5.94. The smallest absolute Gasteiger partial charge is 0.139 e. The van der Waals surface area contributed by atoms with E-state index in [0.717, 1.165) is 17.7 Å². The minimum Gasteiger partial charge on any atom is -0.484 e. The first-order chi connectivity index (χ1) is 9.60. The maximum absolute atomic E-state index is 6.22. The molecule has 2 aromatic rings. The van der Waals surface area contributed by atoms with Crippen LogP contribution in [0.5, 0.6) is 5.75 Å². The number of rotatable bonds is 5. The van der Waals surface area contributed by atoms with Crippen LogP contribution in [-0.4, -0.2) is 6.04 Å². The SMILES string of the molecule is CCC(N)C(Oc1cccc(C)c1)c1ccc(Cl)cc1. The fourth-order valence-electron chi connectivity index (χ4n) is 2.10. The number of halogens is 1. The molecule has 3 heteroatoms. The lowest BCUT2D eigenvalue weighted by Crippen LogP contribution is -2.31. The number of nitrogens with two attached hydrogens (primary N) is 1. The summed E-state index contributed by atoms with van der Waals surface area (Å²) in [5.41, 5.74) is 8.43. The largest absolute Gasteiger partial charge is 0.484 e. The van der Waals surface area contributed by atoms with Crippen molar-refractivity contribution in [1.82, 2.24) is 0 Å². The van der Waals surface area contributed by atoms with E-state index in [1.807, 2.05) is 55.5 Å². The van der Waals surface area contributed by atoms with Gasteiger partial charge in [0.15, 0.2) is 0 Å². The van der Waals surface area contributed by atoms with Crippen molar-refractivity contribution in [2.45, 2.75) is 32.4 Å². The minimum absolute atomic E-state index is 0.0586. The number of aryl methyl sites for hydroxylation is 1. The van der Waals surface area contributed by atoms with Crippen LogP contribution in [0, 0.1) is 6.92 Å². The summed E-state index contributed by atoms with van der Waals surface area (Å²) in [5, 5.41) is 0.716. The van der Waals surface area contributed by atoms with Gasteiger partial charge in [0, 0.05) is 11.1 Å². The molecule has 2 aromatic carbocycles. The molecule has 0 saturated carbocycles. The Hall–Kier alpha value is -1.51. The first-order valence-corrected chi connectivity index (χ1v) is 7.22. The summed E-state index contributed by atoms with van der Waals surface area (Å²) in [5.74, 6) is 0.842. The molecule has 2 unspecified atom stereocenters. The van der Waals surface area contributed by atoms with E-state index in [-0.39, 0.29) is 12.1 Å². The molecule has 0 heterocycles. The molecule has 20 heavy (non-hydrogen) atoms. The van der Waals surface area contributed by atoms with Crippen LogP contribution in [0.15, 0.2) is 48.5 Å². The monoisotopic (exact) mass is 289 g/mol. The number of hydrogen-bond acceptors (Lipinski definition) is 2. The molecule has 2 nitrogen and oxygen atoms in total. The van der Waals surface area contributed by atoms with Gasteiger partial charge < -0.3 is 10.5 Å². The summed E-state index contributed by atoms with van der Waals surface area (Å²) in [6.07, 6.45) is 0.679. The van der Waals surface area contributed by atoms with E-state index in [2.05, 4.69) is 6.92 Å². The molecule has 106 valence electrons. The third-order valence-corrected chi connectivity index (χ3v) is 3.56. The van der Waals surface area contributed by atoms with Crippen molar-refractivity contribution in [1.29, 1.82) is 0 Å². The van der Waals surface area contributed by atoms with Gasteiger partial charge in [0.2, 0.25) is 0 Å². The molecule has 0 aliphatic carbocycles. The summed E-state index contributed by atoms with van der Waals surface area (Å²) < 4.78 is 6.11. The van der Waals surface area contributed by atoms with Gasteiger partial charge in [-0.05, 0) is 48.7 Å².